The fourth-order valence-corrected chi connectivity index (χ4v) is 3.65. The first kappa shape index (κ1) is 27.9. The lowest BCUT2D eigenvalue weighted by Gasteiger charge is -2.16. The summed E-state index contributed by atoms with van der Waals surface area (Å²) in [5.41, 5.74) is 4.43. The molecule has 2 unspecified atom stereocenters. The van der Waals surface area contributed by atoms with Gasteiger partial charge >= 0.3 is 0 Å². The Morgan fingerprint density at radius 2 is 1.97 bits per heavy atom. The van der Waals surface area contributed by atoms with Crippen molar-refractivity contribution in [2.24, 2.45) is 11.0 Å². The van der Waals surface area contributed by atoms with Gasteiger partial charge in [-0.3, -0.25) is 9.59 Å². The molecule has 1 aliphatic rings. The van der Waals surface area contributed by atoms with E-state index in [0.29, 0.717) is 48.0 Å². The van der Waals surface area contributed by atoms with Crippen LogP contribution in [0.3, 0.4) is 0 Å². The van der Waals surface area contributed by atoms with Gasteiger partial charge in [0.15, 0.2) is 0 Å². The summed E-state index contributed by atoms with van der Waals surface area (Å²) in [6.07, 6.45) is 0.150. The average Bonchev–Trinajstić information content (AvgIpc) is 2.91. The molecule has 0 aromatic heterocycles. The summed E-state index contributed by atoms with van der Waals surface area (Å²) in [6, 6.07) is 14.1. The lowest BCUT2D eigenvalue weighted by Crippen LogP contribution is -2.39. The maximum absolute atomic E-state index is 12.4. The van der Waals surface area contributed by atoms with Crippen LogP contribution in [0.1, 0.15) is 30.9 Å². The number of rotatable bonds is 13. The Morgan fingerprint density at radius 1 is 1.19 bits per heavy atom. The van der Waals surface area contributed by atoms with Crippen molar-refractivity contribution in [3.8, 4) is 17.6 Å². The highest BCUT2D eigenvalue weighted by atomic mass is 35.5. The second kappa shape index (κ2) is 14.2. The highest BCUT2D eigenvalue weighted by Crippen LogP contribution is 2.27. The Labute approximate surface area is 220 Å². The first-order chi connectivity index (χ1) is 17.9. The molecule has 0 bridgehead atoms. The molecule has 0 spiro atoms. The van der Waals surface area contributed by atoms with Crippen LogP contribution >= 0.6 is 11.6 Å². The van der Waals surface area contributed by atoms with Crippen LogP contribution in [-0.2, 0) is 9.59 Å². The van der Waals surface area contributed by atoms with Crippen LogP contribution < -0.4 is 25.5 Å². The third-order valence-corrected chi connectivity index (χ3v) is 5.82. The number of nitrogens with one attached hydrogen (secondary N) is 3. The second-order valence-electron chi connectivity index (χ2n) is 8.52. The van der Waals surface area contributed by atoms with E-state index < -0.39 is 12.0 Å². The normalized spacial score (nSPS) is 14.5. The number of aliphatic hydroxyl groups excluding tert-OH is 1. The average molecular weight is 528 g/mol. The fourth-order valence-electron chi connectivity index (χ4n) is 3.42. The van der Waals surface area contributed by atoms with Crippen molar-refractivity contribution >= 4 is 29.1 Å². The highest BCUT2D eigenvalue weighted by molar-refractivity contribution is 6.32. The van der Waals surface area contributed by atoms with Crippen molar-refractivity contribution in [2.75, 3.05) is 32.8 Å². The molecular weight excluding hydrogens is 498 g/mol. The van der Waals surface area contributed by atoms with E-state index in [2.05, 4.69) is 21.2 Å². The summed E-state index contributed by atoms with van der Waals surface area (Å²) < 4.78 is 11.2. The zero-order valence-electron chi connectivity index (χ0n) is 20.5. The van der Waals surface area contributed by atoms with E-state index >= 15 is 0 Å². The van der Waals surface area contributed by atoms with E-state index in [1.807, 2.05) is 12.1 Å². The Bertz CT molecular complexity index is 1170. The Hall–Kier alpha value is -3.65. The van der Waals surface area contributed by atoms with E-state index in [1.54, 1.807) is 43.3 Å². The number of nitriles is 1. The second-order valence-corrected chi connectivity index (χ2v) is 8.93. The molecule has 11 heteroatoms. The predicted octanol–water partition coefficient (Wildman–Crippen LogP) is 1.99. The van der Waals surface area contributed by atoms with Crippen molar-refractivity contribution in [2.45, 2.75) is 25.9 Å². The van der Waals surface area contributed by atoms with Crippen molar-refractivity contribution in [1.82, 2.24) is 16.1 Å². The van der Waals surface area contributed by atoms with Gasteiger partial charge in [0.25, 0.3) is 0 Å². The van der Waals surface area contributed by atoms with Gasteiger partial charge in [0.2, 0.25) is 11.8 Å². The first-order valence-electron chi connectivity index (χ1n) is 11.9. The number of amides is 2. The number of aliphatic hydroxyl groups is 1. The van der Waals surface area contributed by atoms with E-state index in [9.17, 15) is 14.7 Å². The maximum atomic E-state index is 12.4. The molecule has 0 fully saturated rings. The maximum Gasteiger partial charge on any atom is 0.240 e. The third-order valence-electron chi connectivity index (χ3n) is 5.53. The molecule has 0 aliphatic carbocycles. The van der Waals surface area contributed by atoms with Crippen molar-refractivity contribution < 1.29 is 24.2 Å². The van der Waals surface area contributed by atoms with Gasteiger partial charge < -0.3 is 25.2 Å². The van der Waals surface area contributed by atoms with Gasteiger partial charge in [0.1, 0.15) is 30.3 Å². The van der Waals surface area contributed by atoms with E-state index in [1.165, 1.54) is 0 Å². The van der Waals surface area contributed by atoms with Crippen LogP contribution in [0.4, 0.5) is 0 Å². The quantitative estimate of drug-likeness (QED) is 0.291. The summed E-state index contributed by atoms with van der Waals surface area (Å²) in [5, 5.41) is 29.5. The largest absolute Gasteiger partial charge is 0.491 e. The molecule has 10 nitrogen and oxygen atoms in total. The number of benzene rings is 2. The molecule has 0 saturated heterocycles. The van der Waals surface area contributed by atoms with E-state index in [-0.39, 0.29) is 31.6 Å². The highest BCUT2D eigenvalue weighted by Gasteiger charge is 2.17. The Kier molecular flexibility index (Phi) is 10.7. The zero-order chi connectivity index (χ0) is 26.6. The molecular formula is C26H30ClN5O5. The van der Waals surface area contributed by atoms with Crippen LogP contribution in [0.25, 0.3) is 0 Å². The van der Waals surface area contributed by atoms with E-state index in [4.69, 9.17) is 26.3 Å². The molecule has 2 aromatic carbocycles. The van der Waals surface area contributed by atoms with Crippen molar-refractivity contribution in [3.05, 3.63) is 58.6 Å². The minimum atomic E-state index is -0.769. The number of hydrogen-bond donors (Lipinski definition) is 4. The van der Waals surface area contributed by atoms with Gasteiger partial charge in [-0.2, -0.15) is 10.4 Å². The van der Waals surface area contributed by atoms with Crippen LogP contribution in [0, 0.1) is 17.2 Å². The minimum absolute atomic E-state index is 0.0423. The summed E-state index contributed by atoms with van der Waals surface area (Å²) in [5.74, 6) is 0.200. The summed E-state index contributed by atoms with van der Waals surface area (Å²) in [6.45, 7) is 3.06. The number of para-hydroxylation sites is 1. The lowest BCUT2D eigenvalue weighted by atomic mass is 10.0. The SMILES string of the molecule is CC(COc1ccc(C2=NNC(=O)CC2)cc1Cl)C(=O)NCCNCC(O)COc1ccccc1C#N. The molecule has 1 aliphatic heterocycles. The number of nitrogens with zero attached hydrogens (tertiary/aromatic N) is 2. The molecule has 0 saturated carbocycles. The summed E-state index contributed by atoms with van der Waals surface area (Å²) in [4.78, 5) is 23.6. The zero-order valence-corrected chi connectivity index (χ0v) is 21.3. The molecule has 3 rings (SSSR count). The lowest BCUT2D eigenvalue weighted by molar-refractivity contribution is -0.125. The first-order valence-corrected chi connectivity index (χ1v) is 12.3. The van der Waals surface area contributed by atoms with Crippen LogP contribution in [0.5, 0.6) is 11.5 Å². The fraction of sp³-hybridized carbons (Fsp3) is 0.385. The topological polar surface area (TPSA) is 145 Å². The van der Waals surface area contributed by atoms with Gasteiger partial charge in [0, 0.05) is 32.5 Å². The van der Waals surface area contributed by atoms with Crippen LogP contribution in [0.2, 0.25) is 5.02 Å². The molecule has 2 atom stereocenters. The number of ether oxygens (including phenoxy) is 2. The number of halogens is 1. The third kappa shape index (κ3) is 8.75. The molecule has 0 radical (unpaired) electrons. The molecule has 4 N–H and O–H groups in total. The monoisotopic (exact) mass is 527 g/mol. The minimum Gasteiger partial charge on any atom is -0.491 e. The van der Waals surface area contributed by atoms with Gasteiger partial charge in [-0.05, 0) is 35.9 Å². The van der Waals surface area contributed by atoms with Gasteiger partial charge in [-0.1, -0.05) is 30.7 Å². The van der Waals surface area contributed by atoms with Gasteiger partial charge in [-0.15, -0.1) is 0 Å². The van der Waals surface area contributed by atoms with E-state index in [0.717, 1.165) is 11.3 Å². The molecule has 37 heavy (non-hydrogen) atoms. The molecule has 2 aromatic rings. The summed E-state index contributed by atoms with van der Waals surface area (Å²) >= 11 is 6.34. The number of carbonyl (C=O) groups is 2. The molecule has 196 valence electrons. The van der Waals surface area contributed by atoms with Crippen LogP contribution in [0.15, 0.2) is 47.6 Å². The molecule has 1 heterocycles. The predicted molar refractivity (Wildman–Crippen MR) is 139 cm³/mol. The Morgan fingerprint density at radius 3 is 2.70 bits per heavy atom. The smallest absolute Gasteiger partial charge is 0.240 e. The van der Waals surface area contributed by atoms with Crippen LogP contribution in [-0.4, -0.2) is 61.6 Å². The summed E-state index contributed by atoms with van der Waals surface area (Å²) in [7, 11) is 0. The Balaban J connectivity index is 1.31. The number of hydrogen-bond acceptors (Lipinski definition) is 8. The van der Waals surface area contributed by atoms with Crippen molar-refractivity contribution in [3.63, 3.8) is 0 Å². The number of carbonyl (C=O) groups excluding carboxylic acids is 2. The van der Waals surface area contributed by atoms with Crippen molar-refractivity contribution in [1.29, 1.82) is 5.26 Å². The number of hydrazone groups is 1. The molecule has 2 amide bonds. The standard InChI is InChI=1S/C26H30ClN5O5/c1-17(15-36-24-8-6-18(12-21(24)27)22-7-9-25(34)32-31-22)26(35)30-11-10-29-14-20(33)16-37-23-5-3-2-4-19(23)13-28/h2-6,8,12,17,20,29,33H,7,9-11,14-16H2,1H3,(H,30,35)(H,32,34). The van der Waals surface area contributed by atoms with Gasteiger partial charge in [0.05, 0.1) is 28.8 Å². The van der Waals surface area contributed by atoms with Gasteiger partial charge in [-0.25, -0.2) is 5.43 Å².